The standard InChI is InChI=1S/C11H17NO2S/c1-4-15(13,14)12-11(2,3)10-8-6-5-7-9-10/h5-9,12H,4H2,1-3H3. The van der Waals surface area contributed by atoms with E-state index in [4.69, 9.17) is 0 Å². The maximum Gasteiger partial charge on any atom is 0.212 e. The van der Waals surface area contributed by atoms with Crippen LogP contribution in [0, 0.1) is 0 Å². The minimum atomic E-state index is -3.18. The molecule has 0 heterocycles. The van der Waals surface area contributed by atoms with Gasteiger partial charge >= 0.3 is 0 Å². The summed E-state index contributed by atoms with van der Waals surface area (Å²) >= 11 is 0. The Morgan fingerprint density at radius 3 is 2.20 bits per heavy atom. The monoisotopic (exact) mass is 227 g/mol. The summed E-state index contributed by atoms with van der Waals surface area (Å²) in [5.74, 6) is 0.100. The fraction of sp³-hybridized carbons (Fsp3) is 0.455. The summed E-state index contributed by atoms with van der Waals surface area (Å²) in [6.45, 7) is 5.34. The Balaban J connectivity index is 2.95. The molecule has 0 aliphatic carbocycles. The van der Waals surface area contributed by atoms with E-state index in [1.54, 1.807) is 6.92 Å². The summed E-state index contributed by atoms with van der Waals surface area (Å²) in [6.07, 6.45) is 0. The number of sulfonamides is 1. The molecule has 0 aliphatic rings. The molecule has 0 spiro atoms. The molecule has 0 aromatic heterocycles. The summed E-state index contributed by atoms with van der Waals surface area (Å²) < 4.78 is 25.6. The first-order valence-electron chi connectivity index (χ1n) is 4.94. The van der Waals surface area contributed by atoms with Crippen molar-refractivity contribution in [2.45, 2.75) is 26.3 Å². The highest BCUT2D eigenvalue weighted by Gasteiger charge is 2.25. The first-order chi connectivity index (χ1) is 6.87. The van der Waals surface area contributed by atoms with Gasteiger partial charge < -0.3 is 0 Å². The van der Waals surface area contributed by atoms with E-state index < -0.39 is 15.6 Å². The quantitative estimate of drug-likeness (QED) is 0.853. The first-order valence-corrected chi connectivity index (χ1v) is 6.60. The molecule has 3 nitrogen and oxygen atoms in total. The highest BCUT2D eigenvalue weighted by Crippen LogP contribution is 2.20. The number of benzene rings is 1. The summed E-state index contributed by atoms with van der Waals surface area (Å²) in [5, 5.41) is 0. The molecule has 0 fully saturated rings. The average Bonchev–Trinajstić information content (AvgIpc) is 2.18. The minimum absolute atomic E-state index is 0.100. The summed E-state index contributed by atoms with van der Waals surface area (Å²) in [4.78, 5) is 0. The zero-order chi connectivity index (χ0) is 11.5. The van der Waals surface area contributed by atoms with Gasteiger partial charge in [0.05, 0.1) is 11.3 Å². The van der Waals surface area contributed by atoms with E-state index in [0.29, 0.717) is 0 Å². The number of hydrogen-bond donors (Lipinski definition) is 1. The van der Waals surface area contributed by atoms with Gasteiger partial charge in [0.2, 0.25) is 10.0 Å². The zero-order valence-electron chi connectivity index (χ0n) is 9.32. The molecule has 84 valence electrons. The van der Waals surface area contributed by atoms with E-state index in [2.05, 4.69) is 4.72 Å². The van der Waals surface area contributed by atoms with Crippen LogP contribution in [-0.4, -0.2) is 14.2 Å². The zero-order valence-corrected chi connectivity index (χ0v) is 10.1. The second-order valence-electron chi connectivity index (χ2n) is 4.00. The van der Waals surface area contributed by atoms with Gasteiger partial charge in [0.15, 0.2) is 0 Å². The van der Waals surface area contributed by atoms with Gasteiger partial charge in [-0.05, 0) is 26.3 Å². The van der Waals surface area contributed by atoms with E-state index in [1.165, 1.54) is 0 Å². The molecular weight excluding hydrogens is 210 g/mol. The van der Waals surface area contributed by atoms with Crippen molar-refractivity contribution in [1.82, 2.24) is 4.72 Å². The Morgan fingerprint density at radius 2 is 1.73 bits per heavy atom. The molecule has 0 saturated heterocycles. The number of rotatable bonds is 4. The maximum atomic E-state index is 11.5. The fourth-order valence-electron chi connectivity index (χ4n) is 1.37. The third-order valence-corrected chi connectivity index (χ3v) is 3.87. The lowest BCUT2D eigenvalue weighted by atomic mass is 9.96. The van der Waals surface area contributed by atoms with Crippen LogP contribution in [0.15, 0.2) is 30.3 Å². The van der Waals surface area contributed by atoms with E-state index in [0.717, 1.165) is 5.56 Å². The Labute approximate surface area is 91.6 Å². The number of nitrogens with one attached hydrogen (secondary N) is 1. The van der Waals surface area contributed by atoms with Crippen LogP contribution in [0.2, 0.25) is 0 Å². The SMILES string of the molecule is CCS(=O)(=O)NC(C)(C)c1ccccc1. The van der Waals surface area contributed by atoms with Crippen molar-refractivity contribution in [2.75, 3.05) is 5.75 Å². The maximum absolute atomic E-state index is 11.5. The Hall–Kier alpha value is -0.870. The van der Waals surface area contributed by atoms with Crippen molar-refractivity contribution in [3.63, 3.8) is 0 Å². The van der Waals surface area contributed by atoms with Crippen LogP contribution in [-0.2, 0) is 15.6 Å². The molecule has 1 rings (SSSR count). The molecule has 0 radical (unpaired) electrons. The van der Waals surface area contributed by atoms with Crippen molar-refractivity contribution in [3.05, 3.63) is 35.9 Å². The molecule has 1 aromatic rings. The highest BCUT2D eigenvalue weighted by molar-refractivity contribution is 7.89. The smallest absolute Gasteiger partial charge is 0.212 e. The lowest BCUT2D eigenvalue weighted by Gasteiger charge is -2.26. The third-order valence-electron chi connectivity index (χ3n) is 2.29. The fourth-order valence-corrected chi connectivity index (χ4v) is 2.41. The van der Waals surface area contributed by atoms with Gasteiger partial charge in [0.1, 0.15) is 0 Å². The van der Waals surface area contributed by atoms with Gasteiger partial charge in [-0.25, -0.2) is 13.1 Å². The van der Waals surface area contributed by atoms with Gasteiger partial charge in [-0.1, -0.05) is 30.3 Å². The highest BCUT2D eigenvalue weighted by atomic mass is 32.2. The van der Waals surface area contributed by atoms with E-state index in [-0.39, 0.29) is 5.75 Å². The molecule has 15 heavy (non-hydrogen) atoms. The van der Waals surface area contributed by atoms with E-state index >= 15 is 0 Å². The van der Waals surface area contributed by atoms with Gasteiger partial charge in [0, 0.05) is 0 Å². The Kier molecular flexibility index (Phi) is 3.52. The van der Waals surface area contributed by atoms with Crippen molar-refractivity contribution in [2.24, 2.45) is 0 Å². The molecular formula is C11H17NO2S. The van der Waals surface area contributed by atoms with Gasteiger partial charge in [-0.3, -0.25) is 0 Å². The molecule has 0 saturated carbocycles. The van der Waals surface area contributed by atoms with Crippen molar-refractivity contribution < 1.29 is 8.42 Å². The lowest BCUT2D eigenvalue weighted by molar-refractivity contribution is 0.472. The van der Waals surface area contributed by atoms with E-state index in [1.807, 2.05) is 44.2 Å². The van der Waals surface area contributed by atoms with Crippen molar-refractivity contribution in [1.29, 1.82) is 0 Å². The van der Waals surface area contributed by atoms with Gasteiger partial charge in [-0.15, -0.1) is 0 Å². The van der Waals surface area contributed by atoms with Crippen LogP contribution >= 0.6 is 0 Å². The normalized spacial score (nSPS) is 12.7. The predicted octanol–water partition coefficient (Wildman–Crippen LogP) is 1.86. The molecule has 1 aromatic carbocycles. The third kappa shape index (κ3) is 3.32. The molecule has 0 amide bonds. The summed E-state index contributed by atoms with van der Waals surface area (Å²) in [5.41, 5.74) is 0.401. The first kappa shape index (κ1) is 12.2. The molecule has 1 N–H and O–H groups in total. The van der Waals surface area contributed by atoms with Crippen molar-refractivity contribution >= 4 is 10.0 Å². The van der Waals surface area contributed by atoms with Crippen molar-refractivity contribution in [3.8, 4) is 0 Å². The predicted molar refractivity (Wildman–Crippen MR) is 62.1 cm³/mol. The summed E-state index contributed by atoms with van der Waals surface area (Å²) in [6, 6.07) is 9.54. The second kappa shape index (κ2) is 4.33. The summed E-state index contributed by atoms with van der Waals surface area (Å²) in [7, 11) is -3.18. The van der Waals surface area contributed by atoms with Gasteiger partial charge in [0.25, 0.3) is 0 Å². The van der Waals surface area contributed by atoms with Crippen LogP contribution in [0.3, 0.4) is 0 Å². The van der Waals surface area contributed by atoms with Crippen LogP contribution in [0.5, 0.6) is 0 Å². The van der Waals surface area contributed by atoms with Crippen LogP contribution in [0.1, 0.15) is 26.3 Å². The largest absolute Gasteiger partial charge is 0.212 e. The Bertz CT molecular complexity index is 409. The van der Waals surface area contributed by atoms with E-state index in [9.17, 15) is 8.42 Å². The molecule has 0 unspecified atom stereocenters. The number of hydrogen-bond acceptors (Lipinski definition) is 2. The molecule has 0 aliphatic heterocycles. The molecule has 4 heteroatoms. The second-order valence-corrected chi connectivity index (χ2v) is 6.01. The van der Waals surface area contributed by atoms with Crippen LogP contribution < -0.4 is 4.72 Å². The molecule has 0 atom stereocenters. The average molecular weight is 227 g/mol. The molecule has 0 bridgehead atoms. The topological polar surface area (TPSA) is 46.2 Å². The lowest BCUT2D eigenvalue weighted by Crippen LogP contribution is -2.41. The Morgan fingerprint density at radius 1 is 1.20 bits per heavy atom. The minimum Gasteiger partial charge on any atom is -0.212 e. The van der Waals surface area contributed by atoms with Crippen LogP contribution in [0.4, 0.5) is 0 Å². The van der Waals surface area contributed by atoms with Gasteiger partial charge in [-0.2, -0.15) is 0 Å². The van der Waals surface area contributed by atoms with Crippen LogP contribution in [0.25, 0.3) is 0 Å².